The van der Waals surface area contributed by atoms with Crippen LogP contribution in [-0.4, -0.2) is 64.1 Å². The molecule has 1 saturated heterocycles. The van der Waals surface area contributed by atoms with Crippen LogP contribution in [0.2, 0.25) is 0 Å². The molecule has 0 radical (unpaired) electrons. The average molecular weight is 246 g/mol. The van der Waals surface area contributed by atoms with E-state index in [4.69, 9.17) is 15.3 Å². The van der Waals surface area contributed by atoms with Crippen LogP contribution in [0, 0.1) is 5.92 Å². The lowest BCUT2D eigenvalue weighted by molar-refractivity contribution is -0.146. The van der Waals surface area contributed by atoms with Crippen molar-refractivity contribution in [1.29, 1.82) is 0 Å². The summed E-state index contributed by atoms with van der Waals surface area (Å²) in [5, 5.41) is 28.9. The number of hydrogen-bond donors (Lipinski definition) is 4. The molecule has 2 amide bonds. The van der Waals surface area contributed by atoms with E-state index >= 15 is 0 Å². The van der Waals surface area contributed by atoms with Gasteiger partial charge in [0.1, 0.15) is 0 Å². The molecule has 0 spiro atoms. The summed E-state index contributed by atoms with van der Waals surface area (Å²) in [6.45, 7) is 2.02. The van der Waals surface area contributed by atoms with E-state index in [1.165, 1.54) is 4.90 Å². The molecule has 3 unspecified atom stereocenters. The van der Waals surface area contributed by atoms with Gasteiger partial charge in [0.15, 0.2) is 6.10 Å². The van der Waals surface area contributed by atoms with E-state index in [1.807, 2.05) is 6.92 Å². The summed E-state index contributed by atoms with van der Waals surface area (Å²) in [4.78, 5) is 23.5. The number of nitrogens with one attached hydrogen (secondary N) is 1. The Labute approximate surface area is 99.0 Å². The highest BCUT2D eigenvalue weighted by Gasteiger charge is 2.34. The first-order chi connectivity index (χ1) is 7.97. The summed E-state index contributed by atoms with van der Waals surface area (Å²) < 4.78 is 0. The summed E-state index contributed by atoms with van der Waals surface area (Å²) >= 11 is 0. The van der Waals surface area contributed by atoms with E-state index in [2.05, 4.69) is 5.32 Å². The van der Waals surface area contributed by atoms with Crippen LogP contribution >= 0.6 is 0 Å². The Morgan fingerprint density at radius 2 is 2.18 bits per heavy atom. The predicted molar refractivity (Wildman–Crippen MR) is 58.4 cm³/mol. The number of carboxylic acids is 1. The first-order valence-corrected chi connectivity index (χ1v) is 5.53. The molecule has 1 aliphatic heterocycles. The number of urea groups is 1. The minimum atomic E-state index is -1.61. The normalized spacial score (nSPS) is 25.7. The first kappa shape index (κ1) is 13.7. The molecule has 1 fully saturated rings. The molecule has 17 heavy (non-hydrogen) atoms. The van der Waals surface area contributed by atoms with Crippen molar-refractivity contribution in [3.05, 3.63) is 0 Å². The van der Waals surface area contributed by atoms with Crippen LogP contribution in [0.15, 0.2) is 0 Å². The highest BCUT2D eigenvalue weighted by molar-refractivity contribution is 5.77. The number of rotatable bonds is 4. The molecule has 3 atom stereocenters. The van der Waals surface area contributed by atoms with Gasteiger partial charge in [-0.25, -0.2) is 9.59 Å². The largest absolute Gasteiger partial charge is 0.479 e. The molecule has 0 aliphatic carbocycles. The molecule has 4 N–H and O–H groups in total. The van der Waals surface area contributed by atoms with Gasteiger partial charge in [0.05, 0.1) is 19.2 Å². The Bertz CT molecular complexity index is 296. The van der Waals surface area contributed by atoms with Gasteiger partial charge in [-0.3, -0.25) is 0 Å². The van der Waals surface area contributed by atoms with E-state index in [1.54, 1.807) is 0 Å². The van der Waals surface area contributed by atoms with E-state index in [-0.39, 0.29) is 25.1 Å². The van der Waals surface area contributed by atoms with Gasteiger partial charge in [-0.1, -0.05) is 6.92 Å². The number of likely N-dealkylation sites (tertiary alicyclic amines) is 1. The molecule has 0 saturated carbocycles. The van der Waals surface area contributed by atoms with Crippen molar-refractivity contribution in [3.63, 3.8) is 0 Å². The first-order valence-electron chi connectivity index (χ1n) is 5.53. The lowest BCUT2D eigenvalue weighted by Crippen LogP contribution is -2.48. The zero-order valence-electron chi connectivity index (χ0n) is 9.67. The van der Waals surface area contributed by atoms with Crippen molar-refractivity contribution in [2.45, 2.75) is 25.5 Å². The third kappa shape index (κ3) is 3.31. The lowest BCUT2D eigenvalue weighted by Gasteiger charge is -2.25. The Hall–Kier alpha value is -1.34. The SMILES string of the molecule is CC1CCN(C(=O)NCC(O)C(=O)O)C1CO. The molecule has 1 aliphatic rings. The smallest absolute Gasteiger partial charge is 0.334 e. The maximum absolute atomic E-state index is 11.7. The van der Waals surface area contributed by atoms with Crippen LogP contribution in [-0.2, 0) is 4.79 Å². The van der Waals surface area contributed by atoms with Crippen molar-refractivity contribution < 1.29 is 24.9 Å². The summed E-state index contributed by atoms with van der Waals surface area (Å²) in [5.41, 5.74) is 0. The van der Waals surface area contributed by atoms with Crippen LogP contribution < -0.4 is 5.32 Å². The van der Waals surface area contributed by atoms with Crippen molar-refractivity contribution in [2.75, 3.05) is 19.7 Å². The number of aliphatic carboxylic acids is 1. The maximum Gasteiger partial charge on any atom is 0.334 e. The van der Waals surface area contributed by atoms with E-state index in [0.717, 1.165) is 6.42 Å². The van der Waals surface area contributed by atoms with Gasteiger partial charge in [0.25, 0.3) is 0 Å². The number of hydrogen-bond acceptors (Lipinski definition) is 4. The highest BCUT2D eigenvalue weighted by Crippen LogP contribution is 2.23. The second-order valence-corrected chi connectivity index (χ2v) is 4.25. The molecule has 1 heterocycles. The monoisotopic (exact) mass is 246 g/mol. The molecule has 1 rings (SSSR count). The van der Waals surface area contributed by atoms with Crippen molar-refractivity contribution in [3.8, 4) is 0 Å². The van der Waals surface area contributed by atoms with Gasteiger partial charge in [-0.15, -0.1) is 0 Å². The van der Waals surface area contributed by atoms with Crippen LogP contribution in [0.3, 0.4) is 0 Å². The van der Waals surface area contributed by atoms with Crippen LogP contribution in [0.1, 0.15) is 13.3 Å². The number of nitrogens with zero attached hydrogens (tertiary/aromatic N) is 1. The topological polar surface area (TPSA) is 110 Å². The quantitative estimate of drug-likeness (QED) is 0.500. The molecule has 7 nitrogen and oxygen atoms in total. The van der Waals surface area contributed by atoms with Gasteiger partial charge in [0, 0.05) is 6.54 Å². The number of amides is 2. The summed E-state index contributed by atoms with van der Waals surface area (Å²) in [5.74, 6) is -1.16. The fraction of sp³-hybridized carbons (Fsp3) is 0.800. The second kappa shape index (κ2) is 5.83. The minimum Gasteiger partial charge on any atom is -0.479 e. The Kier molecular flexibility index (Phi) is 4.71. The highest BCUT2D eigenvalue weighted by atomic mass is 16.4. The minimum absolute atomic E-state index is 0.115. The molecular weight excluding hydrogens is 228 g/mol. The zero-order valence-corrected chi connectivity index (χ0v) is 9.67. The van der Waals surface area contributed by atoms with Crippen LogP contribution in [0.25, 0.3) is 0 Å². The zero-order chi connectivity index (χ0) is 13.0. The van der Waals surface area contributed by atoms with Gasteiger partial charge in [-0.2, -0.15) is 0 Å². The average Bonchev–Trinajstić information content (AvgIpc) is 2.66. The third-order valence-electron chi connectivity index (χ3n) is 3.06. The van der Waals surface area contributed by atoms with Gasteiger partial charge < -0.3 is 25.5 Å². The van der Waals surface area contributed by atoms with E-state index in [9.17, 15) is 9.59 Å². The summed E-state index contributed by atoms with van der Waals surface area (Å²) in [6, 6.07) is -0.689. The van der Waals surface area contributed by atoms with Crippen LogP contribution in [0.4, 0.5) is 4.79 Å². The number of aliphatic hydroxyl groups is 2. The standard InChI is InChI=1S/C10H18N2O5/c1-6-2-3-12(7(6)5-13)10(17)11-4-8(14)9(15)16/h6-8,13-14H,2-5H2,1H3,(H,11,17)(H,15,16). The number of carbonyl (C=O) groups is 2. The molecule has 0 aromatic rings. The molecule has 0 aromatic carbocycles. The molecular formula is C10H18N2O5. The molecule has 0 bridgehead atoms. The van der Waals surface area contributed by atoms with Gasteiger partial charge in [0.2, 0.25) is 0 Å². The van der Waals surface area contributed by atoms with E-state index in [0.29, 0.717) is 6.54 Å². The Morgan fingerprint density at radius 3 is 2.71 bits per heavy atom. The fourth-order valence-corrected chi connectivity index (χ4v) is 1.91. The number of carbonyl (C=O) groups excluding carboxylic acids is 1. The van der Waals surface area contributed by atoms with E-state index < -0.39 is 18.1 Å². The number of carboxylic acid groups (broad SMARTS) is 1. The maximum atomic E-state index is 11.7. The Morgan fingerprint density at radius 1 is 1.53 bits per heavy atom. The van der Waals surface area contributed by atoms with Gasteiger partial charge >= 0.3 is 12.0 Å². The number of aliphatic hydroxyl groups excluding tert-OH is 2. The summed E-state index contributed by atoms with van der Waals surface area (Å²) in [7, 11) is 0. The fourth-order valence-electron chi connectivity index (χ4n) is 1.91. The lowest BCUT2D eigenvalue weighted by atomic mass is 10.0. The molecule has 0 aromatic heterocycles. The summed E-state index contributed by atoms with van der Waals surface area (Å²) in [6.07, 6.45) is -0.799. The Balaban J connectivity index is 2.45. The third-order valence-corrected chi connectivity index (χ3v) is 3.06. The van der Waals surface area contributed by atoms with Crippen molar-refractivity contribution in [2.24, 2.45) is 5.92 Å². The van der Waals surface area contributed by atoms with Gasteiger partial charge in [-0.05, 0) is 12.3 Å². The molecule has 7 heteroatoms. The van der Waals surface area contributed by atoms with Crippen molar-refractivity contribution >= 4 is 12.0 Å². The van der Waals surface area contributed by atoms with Crippen LogP contribution in [0.5, 0.6) is 0 Å². The predicted octanol–water partition coefficient (Wildman–Crippen LogP) is -1.16. The molecule has 98 valence electrons. The van der Waals surface area contributed by atoms with Crippen molar-refractivity contribution in [1.82, 2.24) is 10.2 Å². The second-order valence-electron chi connectivity index (χ2n) is 4.25.